The molecule has 5 heteroatoms. The van der Waals surface area contributed by atoms with Crippen LogP contribution in [0.4, 0.5) is 4.79 Å². The number of carbonyl (C=O) groups excluding carboxylic acids is 2. The van der Waals surface area contributed by atoms with E-state index >= 15 is 0 Å². The lowest BCUT2D eigenvalue weighted by Gasteiger charge is -2.22. The van der Waals surface area contributed by atoms with E-state index in [9.17, 15) is 9.59 Å². The topological polar surface area (TPSA) is 64.6 Å². The molecule has 0 saturated heterocycles. The summed E-state index contributed by atoms with van der Waals surface area (Å²) in [5, 5.41) is 2.72. The standard InChI is InChI=1S/C17H25NO4/c1-5-21-15(19)11-14(13-9-7-6-8-10-13)12-18-16(20)22-17(2,3)4/h6-10,14H,5,11-12H2,1-4H3,(H,18,20)/t14-/m1/s1. The number of amides is 1. The first-order valence-electron chi connectivity index (χ1n) is 7.49. The van der Waals surface area contributed by atoms with Crippen molar-refractivity contribution in [2.45, 2.75) is 45.6 Å². The molecule has 0 spiro atoms. The van der Waals surface area contributed by atoms with E-state index in [1.54, 1.807) is 27.7 Å². The number of rotatable bonds is 6. The van der Waals surface area contributed by atoms with Gasteiger partial charge in [-0.25, -0.2) is 4.79 Å². The van der Waals surface area contributed by atoms with Crippen LogP contribution in [0.1, 0.15) is 45.6 Å². The van der Waals surface area contributed by atoms with E-state index in [-0.39, 0.29) is 18.3 Å². The molecule has 0 bridgehead atoms. The highest BCUT2D eigenvalue weighted by atomic mass is 16.6. The lowest BCUT2D eigenvalue weighted by molar-refractivity contribution is -0.143. The van der Waals surface area contributed by atoms with Gasteiger partial charge in [0.2, 0.25) is 0 Å². The predicted octanol–water partition coefficient (Wildman–Crippen LogP) is 3.25. The third kappa shape index (κ3) is 7.11. The van der Waals surface area contributed by atoms with Crippen LogP contribution in [-0.4, -0.2) is 30.8 Å². The fourth-order valence-electron chi connectivity index (χ4n) is 1.97. The molecule has 0 aliphatic heterocycles. The van der Waals surface area contributed by atoms with Gasteiger partial charge in [0.15, 0.2) is 0 Å². The van der Waals surface area contributed by atoms with Gasteiger partial charge in [0.1, 0.15) is 5.60 Å². The minimum atomic E-state index is -0.548. The molecule has 1 aromatic rings. The zero-order valence-electron chi connectivity index (χ0n) is 13.7. The molecule has 0 unspecified atom stereocenters. The van der Waals surface area contributed by atoms with Crippen LogP contribution < -0.4 is 5.32 Å². The number of nitrogens with one attached hydrogen (secondary N) is 1. The first kappa shape index (κ1) is 18.0. The van der Waals surface area contributed by atoms with E-state index in [0.29, 0.717) is 13.2 Å². The minimum Gasteiger partial charge on any atom is -0.466 e. The van der Waals surface area contributed by atoms with Crippen molar-refractivity contribution in [3.8, 4) is 0 Å². The van der Waals surface area contributed by atoms with Crippen LogP contribution in [0.3, 0.4) is 0 Å². The smallest absolute Gasteiger partial charge is 0.407 e. The van der Waals surface area contributed by atoms with E-state index in [4.69, 9.17) is 9.47 Å². The zero-order valence-corrected chi connectivity index (χ0v) is 13.7. The number of ether oxygens (including phenoxy) is 2. The van der Waals surface area contributed by atoms with Crippen LogP contribution in [0.2, 0.25) is 0 Å². The largest absolute Gasteiger partial charge is 0.466 e. The summed E-state index contributed by atoms with van der Waals surface area (Å²) in [7, 11) is 0. The Morgan fingerprint density at radius 2 is 1.82 bits per heavy atom. The first-order valence-corrected chi connectivity index (χ1v) is 7.49. The van der Waals surface area contributed by atoms with E-state index < -0.39 is 11.7 Å². The molecule has 0 saturated carbocycles. The molecule has 0 heterocycles. The van der Waals surface area contributed by atoms with Gasteiger partial charge in [-0.05, 0) is 33.3 Å². The van der Waals surface area contributed by atoms with E-state index in [1.807, 2.05) is 30.3 Å². The number of alkyl carbamates (subject to hydrolysis) is 1. The molecular weight excluding hydrogens is 282 g/mol. The average molecular weight is 307 g/mol. The Labute approximate surface area is 132 Å². The zero-order chi connectivity index (χ0) is 16.6. The Balaban J connectivity index is 2.66. The van der Waals surface area contributed by atoms with Gasteiger partial charge in [-0.3, -0.25) is 4.79 Å². The second kappa shape index (κ2) is 8.41. The average Bonchev–Trinajstić information content (AvgIpc) is 2.43. The summed E-state index contributed by atoms with van der Waals surface area (Å²) in [6.45, 7) is 7.85. The fraction of sp³-hybridized carbons (Fsp3) is 0.529. The van der Waals surface area contributed by atoms with Gasteiger partial charge < -0.3 is 14.8 Å². The highest BCUT2D eigenvalue weighted by Gasteiger charge is 2.20. The van der Waals surface area contributed by atoms with Crippen molar-refractivity contribution in [2.75, 3.05) is 13.2 Å². The van der Waals surface area contributed by atoms with Crippen molar-refractivity contribution in [3.05, 3.63) is 35.9 Å². The summed E-state index contributed by atoms with van der Waals surface area (Å²) in [5.74, 6) is -0.421. The van der Waals surface area contributed by atoms with Crippen molar-refractivity contribution in [2.24, 2.45) is 0 Å². The summed E-state index contributed by atoms with van der Waals surface area (Å²) in [4.78, 5) is 23.5. The monoisotopic (exact) mass is 307 g/mol. The highest BCUT2D eigenvalue weighted by molar-refractivity contribution is 5.71. The molecule has 122 valence electrons. The Hall–Kier alpha value is -2.04. The van der Waals surface area contributed by atoms with Crippen LogP contribution in [0.25, 0.3) is 0 Å². The number of carbonyl (C=O) groups is 2. The quantitative estimate of drug-likeness (QED) is 0.819. The van der Waals surface area contributed by atoms with Crippen LogP contribution in [0.15, 0.2) is 30.3 Å². The van der Waals surface area contributed by atoms with Gasteiger partial charge in [-0.2, -0.15) is 0 Å². The Morgan fingerprint density at radius 1 is 1.18 bits per heavy atom. The van der Waals surface area contributed by atoms with Gasteiger partial charge in [0.05, 0.1) is 13.0 Å². The molecule has 1 N–H and O–H groups in total. The van der Waals surface area contributed by atoms with E-state index in [1.165, 1.54) is 0 Å². The molecule has 0 aromatic heterocycles. The van der Waals surface area contributed by atoms with Crippen molar-refractivity contribution in [3.63, 3.8) is 0 Å². The number of hydrogen-bond donors (Lipinski definition) is 1. The Kier molecular flexibility index (Phi) is 6.89. The summed E-state index contributed by atoms with van der Waals surface area (Å²) in [5.41, 5.74) is 0.430. The van der Waals surface area contributed by atoms with Gasteiger partial charge in [0, 0.05) is 12.5 Å². The molecule has 22 heavy (non-hydrogen) atoms. The van der Waals surface area contributed by atoms with Gasteiger partial charge in [0.25, 0.3) is 0 Å². The van der Waals surface area contributed by atoms with Crippen LogP contribution in [0.5, 0.6) is 0 Å². The Bertz CT molecular complexity index is 479. The fourth-order valence-corrected chi connectivity index (χ4v) is 1.97. The minimum absolute atomic E-state index is 0.146. The number of benzene rings is 1. The van der Waals surface area contributed by atoms with E-state index in [2.05, 4.69) is 5.32 Å². The maximum atomic E-state index is 11.8. The third-order valence-electron chi connectivity index (χ3n) is 2.88. The SMILES string of the molecule is CCOC(=O)C[C@H](CNC(=O)OC(C)(C)C)c1ccccc1. The molecule has 0 aliphatic rings. The molecule has 1 aromatic carbocycles. The molecule has 1 atom stereocenters. The second-order valence-electron chi connectivity index (χ2n) is 6.00. The van der Waals surface area contributed by atoms with Gasteiger partial charge >= 0.3 is 12.1 Å². The van der Waals surface area contributed by atoms with Crippen molar-refractivity contribution >= 4 is 12.1 Å². The molecule has 0 aliphatic carbocycles. The molecule has 0 fully saturated rings. The van der Waals surface area contributed by atoms with Crippen molar-refractivity contribution in [1.29, 1.82) is 0 Å². The third-order valence-corrected chi connectivity index (χ3v) is 2.88. The van der Waals surface area contributed by atoms with Gasteiger partial charge in [-0.1, -0.05) is 30.3 Å². The van der Waals surface area contributed by atoms with Crippen LogP contribution >= 0.6 is 0 Å². The summed E-state index contributed by atoms with van der Waals surface area (Å²) in [6, 6.07) is 9.58. The normalized spacial score (nSPS) is 12.4. The molecule has 5 nitrogen and oxygen atoms in total. The maximum absolute atomic E-state index is 11.8. The highest BCUT2D eigenvalue weighted by Crippen LogP contribution is 2.19. The van der Waals surface area contributed by atoms with Crippen LogP contribution in [-0.2, 0) is 14.3 Å². The second-order valence-corrected chi connectivity index (χ2v) is 6.00. The first-order chi connectivity index (χ1) is 10.3. The lowest BCUT2D eigenvalue weighted by Crippen LogP contribution is -2.35. The summed E-state index contributed by atoms with van der Waals surface area (Å²) < 4.78 is 10.2. The van der Waals surface area contributed by atoms with Crippen LogP contribution in [0, 0.1) is 0 Å². The molecule has 1 amide bonds. The Morgan fingerprint density at radius 3 is 2.36 bits per heavy atom. The summed E-state index contributed by atoms with van der Waals surface area (Å²) in [6.07, 6.45) is -0.273. The van der Waals surface area contributed by atoms with E-state index in [0.717, 1.165) is 5.56 Å². The number of hydrogen-bond acceptors (Lipinski definition) is 4. The summed E-state index contributed by atoms with van der Waals surface area (Å²) >= 11 is 0. The van der Waals surface area contributed by atoms with Gasteiger partial charge in [-0.15, -0.1) is 0 Å². The van der Waals surface area contributed by atoms with Crippen molar-refractivity contribution in [1.82, 2.24) is 5.32 Å². The maximum Gasteiger partial charge on any atom is 0.407 e. The van der Waals surface area contributed by atoms with Crippen molar-refractivity contribution < 1.29 is 19.1 Å². The number of esters is 1. The molecule has 1 rings (SSSR count). The molecule has 0 radical (unpaired) electrons. The predicted molar refractivity (Wildman–Crippen MR) is 84.7 cm³/mol. The lowest BCUT2D eigenvalue weighted by atomic mass is 9.96. The molecular formula is C17H25NO4.